The SMILES string of the molecule is C\C=C/C=C1\C(=C/C)Oc2cc(C)ccc2N1C1CCCNC(CC)C1.NC=O. The number of hydrogen-bond donors (Lipinski definition) is 2. The highest BCUT2D eigenvalue weighted by molar-refractivity contribution is 5.70. The van der Waals surface area contributed by atoms with Crippen LogP contribution in [0.1, 0.15) is 52.0 Å². The molecule has 1 aromatic rings. The van der Waals surface area contributed by atoms with Crippen LogP contribution >= 0.6 is 0 Å². The molecule has 1 saturated heterocycles. The quantitative estimate of drug-likeness (QED) is 0.733. The van der Waals surface area contributed by atoms with Crippen molar-refractivity contribution in [2.24, 2.45) is 5.73 Å². The minimum atomic E-state index is 0.250. The topological polar surface area (TPSA) is 67.6 Å². The van der Waals surface area contributed by atoms with Crippen LogP contribution in [0.15, 0.2) is 54.0 Å². The third kappa shape index (κ3) is 5.73. The van der Waals surface area contributed by atoms with E-state index in [1.54, 1.807) is 0 Å². The smallest absolute Gasteiger partial charge is 0.204 e. The van der Waals surface area contributed by atoms with Gasteiger partial charge in [-0.3, -0.25) is 4.79 Å². The molecule has 5 nitrogen and oxygen atoms in total. The second-order valence-electron chi connectivity index (χ2n) is 7.40. The zero-order chi connectivity index (χ0) is 21.2. The Bertz CT molecular complexity index is 767. The lowest BCUT2D eigenvalue weighted by molar-refractivity contribution is -0.106. The number of benzene rings is 1. The van der Waals surface area contributed by atoms with Crippen molar-refractivity contribution in [3.8, 4) is 5.75 Å². The van der Waals surface area contributed by atoms with E-state index in [9.17, 15) is 0 Å². The summed E-state index contributed by atoms with van der Waals surface area (Å²) in [5.41, 5.74) is 7.76. The van der Waals surface area contributed by atoms with E-state index in [2.05, 4.69) is 86.1 Å². The maximum absolute atomic E-state index is 8.58. The van der Waals surface area contributed by atoms with E-state index in [-0.39, 0.29) is 6.41 Å². The van der Waals surface area contributed by atoms with Gasteiger partial charge in [0.1, 0.15) is 5.76 Å². The second kappa shape index (κ2) is 11.5. The molecule has 158 valence electrons. The molecule has 2 aliphatic heterocycles. The molecule has 1 fully saturated rings. The summed E-state index contributed by atoms with van der Waals surface area (Å²) in [6, 6.07) is 7.63. The van der Waals surface area contributed by atoms with E-state index >= 15 is 0 Å². The normalized spacial score (nSPS) is 24.5. The number of carbonyl (C=O) groups excluding carboxylic acids is 1. The summed E-state index contributed by atoms with van der Waals surface area (Å²) in [5.74, 6) is 1.92. The van der Waals surface area contributed by atoms with Gasteiger partial charge < -0.3 is 20.7 Å². The van der Waals surface area contributed by atoms with E-state index < -0.39 is 0 Å². The molecule has 2 unspecified atom stereocenters. The Labute approximate surface area is 175 Å². The molecule has 0 saturated carbocycles. The highest BCUT2D eigenvalue weighted by atomic mass is 16.5. The Kier molecular flexibility index (Phi) is 9.00. The van der Waals surface area contributed by atoms with Gasteiger partial charge in [0.15, 0.2) is 5.75 Å². The van der Waals surface area contributed by atoms with Crippen molar-refractivity contribution >= 4 is 12.1 Å². The van der Waals surface area contributed by atoms with Crippen LogP contribution < -0.4 is 20.7 Å². The van der Waals surface area contributed by atoms with E-state index in [0.29, 0.717) is 12.1 Å². The van der Waals surface area contributed by atoms with Crippen molar-refractivity contribution in [2.75, 3.05) is 11.4 Å². The predicted molar refractivity (Wildman–Crippen MR) is 121 cm³/mol. The number of ether oxygens (including phenoxy) is 1. The van der Waals surface area contributed by atoms with E-state index in [4.69, 9.17) is 9.53 Å². The van der Waals surface area contributed by atoms with Crippen molar-refractivity contribution in [1.82, 2.24) is 5.32 Å². The molecule has 0 aliphatic carbocycles. The van der Waals surface area contributed by atoms with Crippen LogP contribution in [0.4, 0.5) is 5.69 Å². The number of nitrogens with zero attached hydrogens (tertiary/aromatic N) is 1. The number of rotatable bonds is 3. The number of amides is 1. The van der Waals surface area contributed by atoms with Crippen LogP contribution in [0.2, 0.25) is 0 Å². The number of nitrogens with one attached hydrogen (secondary N) is 1. The molecular weight excluding hydrogens is 362 g/mol. The van der Waals surface area contributed by atoms with Gasteiger partial charge in [-0.05, 0) is 82.8 Å². The van der Waals surface area contributed by atoms with Crippen LogP contribution in [0.5, 0.6) is 5.75 Å². The maximum Gasteiger partial charge on any atom is 0.204 e. The summed E-state index contributed by atoms with van der Waals surface area (Å²) >= 11 is 0. The molecule has 1 aromatic carbocycles. The molecule has 0 bridgehead atoms. The van der Waals surface area contributed by atoms with Crippen LogP contribution in [0.3, 0.4) is 0 Å². The average Bonchev–Trinajstić information content (AvgIpc) is 2.97. The van der Waals surface area contributed by atoms with Crippen molar-refractivity contribution in [2.45, 2.75) is 65.5 Å². The molecule has 0 aromatic heterocycles. The monoisotopic (exact) mass is 397 g/mol. The minimum absolute atomic E-state index is 0.250. The summed E-state index contributed by atoms with van der Waals surface area (Å²) in [7, 11) is 0. The predicted octanol–water partition coefficient (Wildman–Crippen LogP) is 4.58. The summed E-state index contributed by atoms with van der Waals surface area (Å²) in [6.45, 7) is 9.63. The Hall–Kier alpha value is -2.53. The molecule has 3 N–H and O–H groups in total. The first-order valence-electron chi connectivity index (χ1n) is 10.6. The lowest BCUT2D eigenvalue weighted by atomic mass is 9.98. The Morgan fingerprint density at radius 1 is 1.34 bits per heavy atom. The van der Waals surface area contributed by atoms with E-state index in [1.165, 1.54) is 36.2 Å². The highest BCUT2D eigenvalue weighted by Crippen LogP contribution is 2.43. The maximum atomic E-state index is 8.58. The highest BCUT2D eigenvalue weighted by Gasteiger charge is 2.33. The molecule has 0 radical (unpaired) electrons. The third-order valence-electron chi connectivity index (χ3n) is 5.38. The van der Waals surface area contributed by atoms with Crippen molar-refractivity contribution in [3.05, 3.63) is 59.5 Å². The number of aryl methyl sites for hydroxylation is 1. The zero-order valence-corrected chi connectivity index (χ0v) is 18.2. The van der Waals surface area contributed by atoms with Gasteiger partial charge in [0.05, 0.1) is 11.4 Å². The molecule has 2 atom stereocenters. The molecule has 2 aliphatic rings. The Morgan fingerprint density at radius 3 is 2.76 bits per heavy atom. The van der Waals surface area contributed by atoms with E-state index in [1.807, 2.05) is 0 Å². The summed E-state index contributed by atoms with van der Waals surface area (Å²) < 4.78 is 6.28. The Morgan fingerprint density at radius 2 is 2.10 bits per heavy atom. The first-order valence-corrected chi connectivity index (χ1v) is 10.6. The number of fused-ring (bicyclic) bond motifs is 1. The summed E-state index contributed by atoms with van der Waals surface area (Å²) in [6.07, 6.45) is 13.5. The average molecular weight is 398 g/mol. The van der Waals surface area contributed by atoms with Gasteiger partial charge in [-0.25, -0.2) is 0 Å². The lowest BCUT2D eigenvalue weighted by Crippen LogP contribution is -2.41. The van der Waals surface area contributed by atoms with Crippen molar-refractivity contribution in [1.29, 1.82) is 0 Å². The number of allylic oxidation sites excluding steroid dienone is 4. The number of primary amides is 1. The molecule has 1 amide bonds. The number of nitrogens with two attached hydrogens (primary N) is 1. The molecule has 2 heterocycles. The standard InChI is InChI=1S/C23H32N2O.CH3NO/c1-5-8-11-20-22(7-3)26-23-15-17(4)12-13-21(23)25(20)19-10-9-14-24-18(6-2)16-19;2-1-3/h5,7-8,11-13,15,18-19,24H,6,9-10,14,16H2,1-4H3;1H,(H2,2,3)/b8-5-,20-11+,22-7+;. The molecule has 5 heteroatoms. The molecule has 3 rings (SSSR count). The third-order valence-corrected chi connectivity index (χ3v) is 5.38. The van der Waals surface area contributed by atoms with Crippen molar-refractivity contribution in [3.63, 3.8) is 0 Å². The number of hydrogen-bond acceptors (Lipinski definition) is 4. The van der Waals surface area contributed by atoms with Crippen LogP contribution in [-0.2, 0) is 4.79 Å². The van der Waals surface area contributed by atoms with Gasteiger partial charge in [-0.15, -0.1) is 0 Å². The minimum Gasteiger partial charge on any atom is -0.453 e. The number of carbonyl (C=O) groups is 1. The van der Waals surface area contributed by atoms with Gasteiger partial charge >= 0.3 is 0 Å². The summed E-state index contributed by atoms with van der Waals surface area (Å²) in [4.78, 5) is 11.1. The second-order valence-corrected chi connectivity index (χ2v) is 7.40. The fraction of sp³-hybridized carbons (Fsp3) is 0.458. The van der Waals surface area contributed by atoms with Gasteiger partial charge in [0.2, 0.25) is 6.41 Å². The fourth-order valence-corrected chi connectivity index (χ4v) is 3.99. The molecule has 0 spiro atoms. The van der Waals surface area contributed by atoms with Gasteiger partial charge in [0, 0.05) is 12.1 Å². The van der Waals surface area contributed by atoms with E-state index in [0.717, 1.165) is 24.5 Å². The van der Waals surface area contributed by atoms with Crippen LogP contribution in [0.25, 0.3) is 0 Å². The largest absolute Gasteiger partial charge is 0.453 e. The fourth-order valence-electron chi connectivity index (χ4n) is 3.99. The Balaban J connectivity index is 0.000000941. The zero-order valence-electron chi connectivity index (χ0n) is 18.2. The lowest BCUT2D eigenvalue weighted by Gasteiger charge is -2.41. The van der Waals surface area contributed by atoms with Crippen LogP contribution in [0, 0.1) is 6.92 Å². The van der Waals surface area contributed by atoms with Gasteiger partial charge in [0.25, 0.3) is 0 Å². The number of anilines is 1. The molecule has 29 heavy (non-hydrogen) atoms. The van der Waals surface area contributed by atoms with Gasteiger partial charge in [-0.1, -0.05) is 25.1 Å². The first-order chi connectivity index (χ1) is 14.1. The van der Waals surface area contributed by atoms with Gasteiger partial charge in [-0.2, -0.15) is 0 Å². The van der Waals surface area contributed by atoms with Crippen molar-refractivity contribution < 1.29 is 9.53 Å². The summed E-state index contributed by atoms with van der Waals surface area (Å²) in [5, 5.41) is 3.71. The van der Waals surface area contributed by atoms with Crippen LogP contribution in [-0.4, -0.2) is 25.0 Å². The molecular formula is C24H35N3O2. The first kappa shape index (κ1) is 22.8.